The van der Waals surface area contributed by atoms with Crippen LogP contribution in [0.1, 0.15) is 28.6 Å². The summed E-state index contributed by atoms with van der Waals surface area (Å²) in [7, 11) is 4.26. The maximum absolute atomic E-state index is 9.10. The number of hydrogen-bond acceptors (Lipinski definition) is 7. The summed E-state index contributed by atoms with van der Waals surface area (Å²) in [5.41, 5.74) is 6.00. The van der Waals surface area contributed by atoms with Gasteiger partial charge in [-0.05, 0) is 45.6 Å². The molecule has 0 aliphatic rings. The molecule has 3 rings (SSSR count). The molecule has 0 spiro atoms. The highest BCUT2D eigenvalue weighted by Gasteiger charge is 2.16. The fourth-order valence-corrected chi connectivity index (χ4v) is 3.36. The summed E-state index contributed by atoms with van der Waals surface area (Å²) in [6.45, 7) is 5.95. The Bertz CT molecular complexity index is 1160. The second-order valence-corrected chi connectivity index (χ2v) is 8.14. The number of likely N-dealkylation sites (N-methyl/N-ethyl adjacent to an activating group) is 1. The van der Waals surface area contributed by atoms with E-state index in [1.807, 2.05) is 22.9 Å². The van der Waals surface area contributed by atoms with Gasteiger partial charge in [-0.25, -0.2) is 23.9 Å². The lowest BCUT2D eigenvalue weighted by atomic mass is 10.1. The molecule has 1 aromatic heterocycles. The van der Waals surface area contributed by atoms with Crippen LogP contribution in [0.4, 0.5) is 0 Å². The number of aliphatic carboxylic acids is 4. The average Bonchev–Trinajstić information content (AvgIpc) is 3.16. The van der Waals surface area contributed by atoms with Crippen LogP contribution in [0.25, 0.3) is 5.69 Å². The number of nitrogens with one attached hydrogen (secondary N) is 1. The van der Waals surface area contributed by atoms with E-state index < -0.39 is 23.9 Å². The van der Waals surface area contributed by atoms with Gasteiger partial charge in [0, 0.05) is 30.4 Å². The smallest absolute Gasteiger partial charge is 0.414 e. The van der Waals surface area contributed by atoms with Gasteiger partial charge in [0.2, 0.25) is 0 Å². The number of benzene rings is 2. The maximum Gasteiger partial charge on any atom is 0.414 e. The summed E-state index contributed by atoms with van der Waals surface area (Å²) in [6.07, 6.45) is 0. The Morgan fingerprint density at radius 3 is 1.68 bits per heavy atom. The minimum atomic E-state index is -1.82. The molecule has 0 amide bonds. The van der Waals surface area contributed by atoms with E-state index in [1.54, 1.807) is 0 Å². The van der Waals surface area contributed by atoms with Crippen molar-refractivity contribution in [2.24, 2.45) is 0 Å². The quantitative estimate of drug-likeness (QED) is 0.283. The molecule has 0 aliphatic heterocycles. The highest BCUT2D eigenvalue weighted by molar-refractivity contribution is 6.27. The first-order chi connectivity index (χ1) is 17.9. The summed E-state index contributed by atoms with van der Waals surface area (Å²) in [5, 5.41) is 37.9. The Labute approximate surface area is 219 Å². The number of carboxylic acid groups (broad SMARTS) is 4. The summed E-state index contributed by atoms with van der Waals surface area (Å²) in [6, 6.07) is 21.3. The van der Waals surface area contributed by atoms with Gasteiger partial charge in [0.15, 0.2) is 0 Å². The molecule has 12 nitrogen and oxygen atoms in total. The summed E-state index contributed by atoms with van der Waals surface area (Å²) >= 11 is 0. The molecular formula is C26H32N4O8. The lowest BCUT2D eigenvalue weighted by molar-refractivity contribution is -0.159. The highest BCUT2D eigenvalue weighted by Crippen LogP contribution is 2.19. The largest absolute Gasteiger partial charge is 0.473 e. The normalized spacial score (nSPS) is 10.9. The third-order valence-electron chi connectivity index (χ3n) is 5.26. The van der Waals surface area contributed by atoms with Gasteiger partial charge in [-0.3, -0.25) is 0 Å². The molecule has 0 aliphatic carbocycles. The number of rotatable bonds is 7. The van der Waals surface area contributed by atoms with Crippen molar-refractivity contribution >= 4 is 23.9 Å². The molecule has 204 valence electrons. The van der Waals surface area contributed by atoms with Crippen molar-refractivity contribution in [2.75, 3.05) is 20.6 Å². The molecule has 0 bridgehead atoms. The summed E-state index contributed by atoms with van der Waals surface area (Å²) in [4.78, 5) is 38.7. The lowest BCUT2D eigenvalue weighted by Gasteiger charge is -2.25. The Hall–Kier alpha value is -4.55. The van der Waals surface area contributed by atoms with Crippen LogP contribution in [-0.2, 0) is 25.7 Å². The van der Waals surface area contributed by atoms with Crippen molar-refractivity contribution < 1.29 is 39.6 Å². The van der Waals surface area contributed by atoms with Gasteiger partial charge in [0.05, 0.1) is 11.4 Å². The zero-order valence-electron chi connectivity index (χ0n) is 21.5. The van der Waals surface area contributed by atoms with E-state index in [0.717, 1.165) is 24.5 Å². The van der Waals surface area contributed by atoms with Crippen molar-refractivity contribution in [1.29, 1.82) is 0 Å². The van der Waals surface area contributed by atoms with Gasteiger partial charge < -0.3 is 30.6 Å². The van der Waals surface area contributed by atoms with E-state index in [9.17, 15) is 0 Å². The van der Waals surface area contributed by atoms with Crippen LogP contribution in [0.15, 0.2) is 60.7 Å². The van der Waals surface area contributed by atoms with Gasteiger partial charge in [-0.15, -0.1) is 0 Å². The SMILES string of the molecule is Cc1nn(-c2ccccc2)c(C)c1CNCC(c1ccccc1)N(C)C.O=C(O)C(=O)O.O=C(O)C(=O)O. The van der Waals surface area contributed by atoms with Crippen LogP contribution < -0.4 is 5.32 Å². The van der Waals surface area contributed by atoms with Crippen LogP contribution >= 0.6 is 0 Å². The molecular weight excluding hydrogens is 496 g/mol. The number of aromatic nitrogens is 2. The fourth-order valence-electron chi connectivity index (χ4n) is 3.36. The van der Waals surface area contributed by atoms with Gasteiger partial charge >= 0.3 is 23.9 Å². The van der Waals surface area contributed by atoms with Crippen LogP contribution in [0, 0.1) is 13.8 Å². The average molecular weight is 529 g/mol. The molecule has 12 heteroatoms. The number of aryl methyl sites for hydroxylation is 1. The van der Waals surface area contributed by atoms with E-state index in [4.69, 9.17) is 44.7 Å². The maximum atomic E-state index is 9.10. The van der Waals surface area contributed by atoms with Crippen molar-refractivity contribution in [2.45, 2.75) is 26.4 Å². The molecule has 38 heavy (non-hydrogen) atoms. The molecule has 0 saturated heterocycles. The Morgan fingerprint density at radius 2 is 1.26 bits per heavy atom. The predicted octanol–water partition coefficient (Wildman–Crippen LogP) is 2.19. The van der Waals surface area contributed by atoms with Crippen molar-refractivity contribution in [1.82, 2.24) is 20.0 Å². The minimum absolute atomic E-state index is 0.348. The first kappa shape index (κ1) is 31.5. The highest BCUT2D eigenvalue weighted by atomic mass is 16.4. The van der Waals surface area contributed by atoms with Crippen LogP contribution in [-0.4, -0.2) is 79.6 Å². The van der Waals surface area contributed by atoms with Crippen molar-refractivity contribution in [3.05, 3.63) is 83.2 Å². The standard InChI is InChI=1S/C22H28N4.2C2H2O4/c1-17-21(18(2)26(24-17)20-13-9-6-10-14-20)15-23-16-22(25(3)4)19-11-7-5-8-12-19;2*3-1(4)2(5)6/h5-14,22-23H,15-16H2,1-4H3;2*(H,3,4)(H,5,6). The monoisotopic (exact) mass is 528 g/mol. The second kappa shape index (κ2) is 15.5. The van der Waals surface area contributed by atoms with Gasteiger partial charge in [-0.1, -0.05) is 48.5 Å². The van der Waals surface area contributed by atoms with E-state index in [1.165, 1.54) is 16.8 Å². The third kappa shape index (κ3) is 10.2. The molecule has 3 aromatic rings. The lowest BCUT2D eigenvalue weighted by Crippen LogP contribution is -2.31. The number of carboxylic acids is 4. The zero-order chi connectivity index (χ0) is 28.8. The van der Waals surface area contributed by atoms with Gasteiger partial charge in [-0.2, -0.15) is 5.10 Å². The molecule has 0 fully saturated rings. The molecule has 0 radical (unpaired) electrons. The first-order valence-corrected chi connectivity index (χ1v) is 11.3. The van der Waals surface area contributed by atoms with Crippen LogP contribution in [0.3, 0.4) is 0 Å². The van der Waals surface area contributed by atoms with E-state index in [-0.39, 0.29) is 0 Å². The Morgan fingerprint density at radius 1 is 0.816 bits per heavy atom. The van der Waals surface area contributed by atoms with Gasteiger partial charge in [0.1, 0.15) is 0 Å². The molecule has 1 heterocycles. The number of carbonyl (C=O) groups is 4. The van der Waals surface area contributed by atoms with Crippen molar-refractivity contribution in [3.8, 4) is 5.69 Å². The van der Waals surface area contributed by atoms with Crippen molar-refractivity contribution in [3.63, 3.8) is 0 Å². The zero-order valence-corrected chi connectivity index (χ0v) is 21.5. The molecule has 0 saturated carbocycles. The Balaban J connectivity index is 0.000000503. The summed E-state index contributed by atoms with van der Waals surface area (Å²) < 4.78 is 2.03. The Kier molecular flexibility index (Phi) is 12.9. The molecule has 1 unspecified atom stereocenters. The van der Waals surface area contributed by atoms with E-state index in [2.05, 4.69) is 80.6 Å². The first-order valence-electron chi connectivity index (χ1n) is 11.3. The van der Waals surface area contributed by atoms with E-state index >= 15 is 0 Å². The minimum Gasteiger partial charge on any atom is -0.473 e. The molecule has 1 atom stereocenters. The number of para-hydroxylation sites is 1. The van der Waals surface area contributed by atoms with Crippen LogP contribution in [0.2, 0.25) is 0 Å². The fraction of sp³-hybridized carbons (Fsp3) is 0.269. The topological polar surface area (TPSA) is 182 Å². The third-order valence-corrected chi connectivity index (χ3v) is 5.26. The van der Waals surface area contributed by atoms with Gasteiger partial charge in [0.25, 0.3) is 0 Å². The molecule has 2 aromatic carbocycles. The van der Waals surface area contributed by atoms with E-state index in [0.29, 0.717) is 6.04 Å². The number of nitrogens with zero attached hydrogens (tertiary/aromatic N) is 3. The molecule has 5 N–H and O–H groups in total. The van der Waals surface area contributed by atoms with Crippen LogP contribution in [0.5, 0.6) is 0 Å². The predicted molar refractivity (Wildman–Crippen MR) is 138 cm³/mol. The number of hydrogen-bond donors (Lipinski definition) is 5. The summed E-state index contributed by atoms with van der Waals surface area (Å²) in [5.74, 6) is -7.30. The second-order valence-electron chi connectivity index (χ2n) is 8.14.